The number of ether oxygens (including phenoxy) is 2. The third-order valence-electron chi connectivity index (χ3n) is 4.27. The molecule has 2 amide bonds. The summed E-state index contributed by atoms with van der Waals surface area (Å²) in [6.07, 6.45) is 1.38. The van der Waals surface area contributed by atoms with E-state index in [0.717, 1.165) is 5.56 Å². The Labute approximate surface area is 134 Å². The molecular formula is C16H20N2O5. The molecule has 2 aliphatic rings. The van der Waals surface area contributed by atoms with Crippen LogP contribution >= 0.6 is 0 Å². The summed E-state index contributed by atoms with van der Waals surface area (Å²) in [4.78, 5) is 24.7. The number of hydrogen-bond acceptors (Lipinski definition) is 4. The number of carboxylic acid groups (broad SMARTS) is 1. The fourth-order valence-corrected chi connectivity index (χ4v) is 2.89. The van der Waals surface area contributed by atoms with Crippen molar-refractivity contribution in [3.63, 3.8) is 0 Å². The van der Waals surface area contributed by atoms with Crippen LogP contribution in [0.4, 0.5) is 4.79 Å². The zero-order valence-electron chi connectivity index (χ0n) is 12.8. The lowest BCUT2D eigenvalue weighted by Crippen LogP contribution is -2.50. The van der Waals surface area contributed by atoms with Crippen LogP contribution in [0.3, 0.4) is 0 Å². The fraction of sp³-hybridized carbons (Fsp3) is 0.500. The number of piperidine rings is 1. The number of aromatic carboxylic acids is 1. The third kappa shape index (κ3) is 3.62. The molecule has 1 aromatic rings. The van der Waals surface area contributed by atoms with E-state index in [0.29, 0.717) is 45.7 Å². The maximum Gasteiger partial charge on any atom is 0.335 e. The van der Waals surface area contributed by atoms with Crippen LogP contribution in [0.1, 0.15) is 28.8 Å². The number of carboxylic acids is 1. The number of carbonyl (C=O) groups is 2. The van der Waals surface area contributed by atoms with Crippen LogP contribution in [0.2, 0.25) is 0 Å². The van der Waals surface area contributed by atoms with E-state index in [9.17, 15) is 9.59 Å². The highest BCUT2D eigenvalue weighted by Gasteiger charge is 2.40. The molecule has 2 aliphatic heterocycles. The lowest BCUT2D eigenvalue weighted by Gasteiger charge is -2.37. The maximum atomic E-state index is 12.2. The quantitative estimate of drug-likeness (QED) is 0.880. The van der Waals surface area contributed by atoms with Crippen LogP contribution in [-0.4, -0.2) is 54.1 Å². The van der Waals surface area contributed by atoms with Gasteiger partial charge in [0, 0.05) is 32.5 Å². The first-order valence-corrected chi connectivity index (χ1v) is 7.71. The average molecular weight is 320 g/mol. The standard InChI is InChI=1S/C16H20N2O5/c19-14(20)13-3-1-12(2-4-13)11-17-15(21)18-7-5-16(6-8-18)22-9-10-23-16/h1-4H,5-11H2,(H,17,21)(H,19,20). The Bertz CT molecular complexity index is 571. The zero-order valence-corrected chi connectivity index (χ0v) is 12.8. The van der Waals surface area contributed by atoms with Crippen molar-refractivity contribution in [1.29, 1.82) is 0 Å². The number of amides is 2. The normalized spacial score (nSPS) is 19.7. The Morgan fingerprint density at radius 2 is 1.74 bits per heavy atom. The summed E-state index contributed by atoms with van der Waals surface area (Å²) < 4.78 is 11.3. The van der Waals surface area contributed by atoms with Gasteiger partial charge in [-0.2, -0.15) is 0 Å². The van der Waals surface area contributed by atoms with Crippen molar-refractivity contribution in [2.75, 3.05) is 26.3 Å². The van der Waals surface area contributed by atoms with E-state index in [1.807, 2.05) is 0 Å². The summed E-state index contributed by atoms with van der Waals surface area (Å²) in [6, 6.07) is 6.34. The summed E-state index contributed by atoms with van der Waals surface area (Å²) in [6.45, 7) is 2.82. The Morgan fingerprint density at radius 3 is 2.30 bits per heavy atom. The van der Waals surface area contributed by atoms with Gasteiger partial charge in [-0.15, -0.1) is 0 Å². The van der Waals surface area contributed by atoms with Gasteiger partial charge in [0.15, 0.2) is 5.79 Å². The summed E-state index contributed by atoms with van der Waals surface area (Å²) in [5.74, 6) is -1.44. The van der Waals surface area contributed by atoms with Gasteiger partial charge in [0.05, 0.1) is 18.8 Å². The third-order valence-corrected chi connectivity index (χ3v) is 4.27. The minimum absolute atomic E-state index is 0.125. The lowest BCUT2D eigenvalue weighted by atomic mass is 10.0. The van der Waals surface area contributed by atoms with Gasteiger partial charge >= 0.3 is 12.0 Å². The molecular weight excluding hydrogens is 300 g/mol. The number of hydrogen-bond donors (Lipinski definition) is 2. The van der Waals surface area contributed by atoms with Crippen LogP contribution in [0.5, 0.6) is 0 Å². The molecule has 0 aliphatic carbocycles. The Morgan fingerprint density at radius 1 is 1.13 bits per heavy atom. The first-order valence-electron chi connectivity index (χ1n) is 7.71. The maximum absolute atomic E-state index is 12.2. The number of carbonyl (C=O) groups excluding carboxylic acids is 1. The Kier molecular flexibility index (Phi) is 4.49. The smallest absolute Gasteiger partial charge is 0.335 e. The van der Waals surface area contributed by atoms with Crippen LogP contribution in [0.15, 0.2) is 24.3 Å². The highest BCUT2D eigenvalue weighted by atomic mass is 16.7. The number of nitrogens with one attached hydrogen (secondary N) is 1. The molecule has 1 spiro atoms. The molecule has 124 valence electrons. The summed E-state index contributed by atoms with van der Waals surface area (Å²) >= 11 is 0. The van der Waals surface area contributed by atoms with E-state index in [1.54, 1.807) is 17.0 Å². The second-order valence-corrected chi connectivity index (χ2v) is 5.76. The minimum Gasteiger partial charge on any atom is -0.478 e. The van der Waals surface area contributed by atoms with Gasteiger partial charge in [-0.25, -0.2) is 9.59 Å². The molecule has 3 rings (SSSR count). The SMILES string of the molecule is O=C(O)c1ccc(CNC(=O)N2CCC3(CC2)OCCO3)cc1. The van der Waals surface area contributed by atoms with E-state index < -0.39 is 11.8 Å². The summed E-state index contributed by atoms with van der Waals surface area (Å²) in [7, 11) is 0. The molecule has 2 N–H and O–H groups in total. The number of likely N-dealkylation sites (tertiary alicyclic amines) is 1. The summed E-state index contributed by atoms with van der Waals surface area (Å²) in [5.41, 5.74) is 1.09. The average Bonchev–Trinajstić information content (AvgIpc) is 3.02. The highest BCUT2D eigenvalue weighted by Crippen LogP contribution is 2.31. The van der Waals surface area contributed by atoms with Crippen LogP contribution in [0.25, 0.3) is 0 Å². The fourth-order valence-electron chi connectivity index (χ4n) is 2.89. The minimum atomic E-state index is -0.959. The monoisotopic (exact) mass is 320 g/mol. The van der Waals surface area contributed by atoms with E-state index in [4.69, 9.17) is 14.6 Å². The first kappa shape index (κ1) is 15.8. The van der Waals surface area contributed by atoms with Gasteiger partial charge in [0.2, 0.25) is 0 Å². The first-order chi connectivity index (χ1) is 11.1. The molecule has 0 saturated carbocycles. The van der Waals surface area contributed by atoms with E-state index >= 15 is 0 Å². The van der Waals surface area contributed by atoms with Crippen LogP contribution in [0, 0.1) is 0 Å². The van der Waals surface area contributed by atoms with Crippen LogP contribution in [-0.2, 0) is 16.0 Å². The van der Waals surface area contributed by atoms with Gasteiger partial charge in [-0.1, -0.05) is 12.1 Å². The van der Waals surface area contributed by atoms with Crippen LogP contribution < -0.4 is 5.32 Å². The molecule has 0 radical (unpaired) electrons. The van der Waals surface area contributed by atoms with E-state index in [-0.39, 0.29) is 11.6 Å². The molecule has 2 heterocycles. The molecule has 0 bridgehead atoms. The number of nitrogens with zero attached hydrogens (tertiary/aromatic N) is 1. The molecule has 0 atom stereocenters. The lowest BCUT2D eigenvalue weighted by molar-refractivity contribution is -0.181. The predicted molar refractivity (Wildman–Crippen MR) is 81.1 cm³/mol. The number of urea groups is 1. The molecule has 23 heavy (non-hydrogen) atoms. The van der Waals surface area contributed by atoms with Crippen molar-refractivity contribution in [2.24, 2.45) is 0 Å². The van der Waals surface area contributed by atoms with Crippen molar-refractivity contribution < 1.29 is 24.2 Å². The van der Waals surface area contributed by atoms with Gasteiger partial charge in [-0.05, 0) is 17.7 Å². The molecule has 7 heteroatoms. The highest BCUT2D eigenvalue weighted by molar-refractivity contribution is 5.87. The second-order valence-electron chi connectivity index (χ2n) is 5.76. The molecule has 2 saturated heterocycles. The second kappa shape index (κ2) is 6.55. The van der Waals surface area contributed by atoms with Gasteiger partial charge in [0.25, 0.3) is 0 Å². The van der Waals surface area contributed by atoms with E-state index in [1.165, 1.54) is 12.1 Å². The van der Waals surface area contributed by atoms with Crippen molar-refractivity contribution in [3.8, 4) is 0 Å². The Hall–Kier alpha value is -2.12. The van der Waals surface area contributed by atoms with Crippen molar-refractivity contribution in [2.45, 2.75) is 25.2 Å². The number of benzene rings is 1. The zero-order chi connectivity index (χ0) is 16.3. The van der Waals surface area contributed by atoms with Gasteiger partial charge < -0.3 is 24.8 Å². The molecule has 7 nitrogen and oxygen atoms in total. The Balaban J connectivity index is 1.47. The van der Waals surface area contributed by atoms with Gasteiger partial charge in [0.1, 0.15) is 0 Å². The van der Waals surface area contributed by atoms with E-state index in [2.05, 4.69) is 5.32 Å². The molecule has 1 aromatic carbocycles. The van der Waals surface area contributed by atoms with Crippen molar-refractivity contribution in [1.82, 2.24) is 10.2 Å². The molecule has 2 fully saturated rings. The van der Waals surface area contributed by atoms with Crippen molar-refractivity contribution >= 4 is 12.0 Å². The predicted octanol–water partition coefficient (Wildman–Crippen LogP) is 1.43. The summed E-state index contributed by atoms with van der Waals surface area (Å²) in [5, 5.41) is 11.7. The van der Waals surface area contributed by atoms with Gasteiger partial charge in [-0.3, -0.25) is 0 Å². The van der Waals surface area contributed by atoms with Crippen molar-refractivity contribution in [3.05, 3.63) is 35.4 Å². The molecule has 0 aromatic heterocycles. The number of rotatable bonds is 3. The topological polar surface area (TPSA) is 88.1 Å². The largest absolute Gasteiger partial charge is 0.478 e. The molecule has 0 unspecified atom stereocenters.